The van der Waals surface area contributed by atoms with Gasteiger partial charge in [0.1, 0.15) is 5.76 Å². The summed E-state index contributed by atoms with van der Waals surface area (Å²) >= 11 is 5.92. The summed E-state index contributed by atoms with van der Waals surface area (Å²) < 4.78 is 0. The van der Waals surface area contributed by atoms with Crippen LogP contribution in [0.1, 0.15) is 23.6 Å². The highest BCUT2D eigenvalue weighted by Gasteiger charge is 2.45. The number of halogens is 1. The number of likely N-dealkylation sites (tertiary alicyclic amines) is 1. The fourth-order valence-electron chi connectivity index (χ4n) is 3.07. The number of hydrogen-bond donors (Lipinski definition) is 2. The molecule has 1 fully saturated rings. The number of aliphatic hydroxyl groups excluding tert-OH is 1. The van der Waals surface area contributed by atoms with Gasteiger partial charge >= 0.3 is 5.97 Å². The number of benzene rings is 2. The van der Waals surface area contributed by atoms with E-state index in [-0.39, 0.29) is 24.3 Å². The number of carboxylic acids is 1. The topological polar surface area (TPSA) is 94.9 Å². The van der Waals surface area contributed by atoms with E-state index in [1.54, 1.807) is 54.6 Å². The number of rotatable bonds is 5. The summed E-state index contributed by atoms with van der Waals surface area (Å²) in [6, 6.07) is 14.0. The van der Waals surface area contributed by atoms with Crippen LogP contribution in [0, 0.1) is 0 Å². The van der Waals surface area contributed by atoms with Crippen molar-refractivity contribution in [1.29, 1.82) is 0 Å². The molecule has 0 saturated carbocycles. The van der Waals surface area contributed by atoms with Crippen LogP contribution in [0.4, 0.5) is 0 Å². The summed E-state index contributed by atoms with van der Waals surface area (Å²) in [6.07, 6.45) is -0.317. The minimum absolute atomic E-state index is 0.0705. The van der Waals surface area contributed by atoms with Gasteiger partial charge in [-0.3, -0.25) is 14.4 Å². The molecule has 1 amide bonds. The lowest BCUT2D eigenvalue weighted by Crippen LogP contribution is -2.31. The Balaban J connectivity index is 2.14. The Bertz CT molecular complexity index is 921. The molecule has 138 valence electrons. The van der Waals surface area contributed by atoms with Gasteiger partial charge in [-0.05, 0) is 17.7 Å². The first-order valence-electron chi connectivity index (χ1n) is 8.21. The largest absolute Gasteiger partial charge is 0.507 e. The molecule has 1 aliphatic heterocycles. The number of carbonyl (C=O) groups is 3. The average Bonchev–Trinajstić information content (AvgIpc) is 2.91. The molecule has 1 atom stereocenters. The number of nitrogens with zero attached hydrogens (tertiary/aromatic N) is 1. The molecule has 3 rings (SSSR count). The van der Waals surface area contributed by atoms with E-state index in [9.17, 15) is 19.5 Å². The molecule has 0 unspecified atom stereocenters. The monoisotopic (exact) mass is 385 g/mol. The second-order valence-corrected chi connectivity index (χ2v) is 6.49. The van der Waals surface area contributed by atoms with Crippen molar-refractivity contribution < 1.29 is 24.6 Å². The van der Waals surface area contributed by atoms with Gasteiger partial charge in [-0.1, -0.05) is 54.1 Å². The third kappa shape index (κ3) is 3.71. The zero-order valence-electron chi connectivity index (χ0n) is 14.1. The highest BCUT2D eigenvalue weighted by molar-refractivity contribution is 6.46. The summed E-state index contributed by atoms with van der Waals surface area (Å²) in [7, 11) is 0. The van der Waals surface area contributed by atoms with Crippen molar-refractivity contribution in [3.8, 4) is 0 Å². The van der Waals surface area contributed by atoms with E-state index in [2.05, 4.69) is 0 Å². The van der Waals surface area contributed by atoms with Crippen LogP contribution in [0.3, 0.4) is 0 Å². The zero-order valence-corrected chi connectivity index (χ0v) is 14.9. The van der Waals surface area contributed by atoms with E-state index < -0.39 is 23.7 Å². The zero-order chi connectivity index (χ0) is 19.6. The molecule has 1 saturated heterocycles. The second kappa shape index (κ2) is 7.63. The highest BCUT2D eigenvalue weighted by Crippen LogP contribution is 2.39. The molecule has 0 bridgehead atoms. The van der Waals surface area contributed by atoms with Crippen LogP contribution in [0.2, 0.25) is 5.02 Å². The highest BCUT2D eigenvalue weighted by atomic mass is 35.5. The molecule has 1 heterocycles. The Morgan fingerprint density at radius 1 is 1.00 bits per heavy atom. The van der Waals surface area contributed by atoms with Crippen molar-refractivity contribution in [3.05, 3.63) is 76.3 Å². The number of amides is 1. The van der Waals surface area contributed by atoms with Crippen molar-refractivity contribution in [2.24, 2.45) is 0 Å². The first kappa shape index (κ1) is 18.7. The third-order valence-corrected chi connectivity index (χ3v) is 4.59. The fourth-order valence-corrected chi connectivity index (χ4v) is 3.20. The summed E-state index contributed by atoms with van der Waals surface area (Å²) in [5.41, 5.74) is 0.882. The number of carboxylic acid groups (broad SMARTS) is 1. The van der Waals surface area contributed by atoms with Crippen molar-refractivity contribution in [2.75, 3.05) is 6.54 Å². The lowest BCUT2D eigenvalue weighted by molar-refractivity contribution is -0.142. The SMILES string of the molecule is O=C(O)CCN1C(=O)C(=O)C(=C(O)c2ccccc2)[C@@H]1c1ccc(Cl)cc1. The number of ketones is 1. The van der Waals surface area contributed by atoms with Crippen LogP contribution in [-0.2, 0) is 14.4 Å². The summed E-state index contributed by atoms with van der Waals surface area (Å²) in [5, 5.41) is 20.2. The Morgan fingerprint density at radius 3 is 2.22 bits per heavy atom. The van der Waals surface area contributed by atoms with E-state index in [1.807, 2.05) is 0 Å². The van der Waals surface area contributed by atoms with E-state index >= 15 is 0 Å². The molecule has 1 aliphatic rings. The molecular weight excluding hydrogens is 370 g/mol. The van der Waals surface area contributed by atoms with Gasteiger partial charge in [0.2, 0.25) is 0 Å². The van der Waals surface area contributed by atoms with Crippen LogP contribution in [0.25, 0.3) is 5.76 Å². The fraction of sp³-hybridized carbons (Fsp3) is 0.150. The first-order valence-corrected chi connectivity index (χ1v) is 8.59. The predicted molar refractivity (Wildman–Crippen MR) is 99.2 cm³/mol. The lowest BCUT2D eigenvalue weighted by Gasteiger charge is -2.24. The van der Waals surface area contributed by atoms with Crippen molar-refractivity contribution >= 4 is 35.0 Å². The van der Waals surface area contributed by atoms with E-state index in [0.717, 1.165) is 0 Å². The molecule has 2 N–H and O–H groups in total. The number of Topliss-reactive ketones (excluding diaryl/α,β-unsaturated/α-hetero) is 1. The van der Waals surface area contributed by atoms with Gasteiger partial charge < -0.3 is 15.1 Å². The van der Waals surface area contributed by atoms with Gasteiger partial charge in [-0.15, -0.1) is 0 Å². The maximum absolute atomic E-state index is 12.6. The number of carbonyl (C=O) groups excluding carboxylic acids is 2. The van der Waals surface area contributed by atoms with E-state index in [4.69, 9.17) is 16.7 Å². The molecule has 0 spiro atoms. The standard InChI is InChI=1S/C20H16ClNO5/c21-14-8-6-12(7-9-14)17-16(18(25)13-4-2-1-3-5-13)19(26)20(27)22(17)11-10-15(23)24/h1-9,17,25H,10-11H2,(H,23,24)/t17-/m0/s1. The van der Waals surface area contributed by atoms with Crippen LogP contribution in [0.15, 0.2) is 60.2 Å². The lowest BCUT2D eigenvalue weighted by atomic mass is 9.95. The molecule has 0 aromatic heterocycles. The molecule has 2 aromatic rings. The van der Waals surface area contributed by atoms with Crippen LogP contribution >= 0.6 is 11.6 Å². The smallest absolute Gasteiger partial charge is 0.305 e. The van der Waals surface area contributed by atoms with Gasteiger partial charge in [0.15, 0.2) is 0 Å². The maximum Gasteiger partial charge on any atom is 0.305 e. The normalized spacial score (nSPS) is 18.7. The number of hydrogen-bond acceptors (Lipinski definition) is 4. The third-order valence-electron chi connectivity index (χ3n) is 4.34. The molecule has 7 heteroatoms. The molecule has 0 radical (unpaired) electrons. The Hall–Kier alpha value is -3.12. The molecule has 2 aromatic carbocycles. The predicted octanol–water partition coefficient (Wildman–Crippen LogP) is 3.24. The molecule has 6 nitrogen and oxygen atoms in total. The Morgan fingerprint density at radius 2 is 1.63 bits per heavy atom. The maximum atomic E-state index is 12.6. The van der Waals surface area contributed by atoms with Gasteiger partial charge in [0.05, 0.1) is 18.0 Å². The molecule has 27 heavy (non-hydrogen) atoms. The second-order valence-electron chi connectivity index (χ2n) is 6.05. The number of aliphatic hydroxyl groups is 1. The Kier molecular flexibility index (Phi) is 5.28. The quantitative estimate of drug-likeness (QED) is 0.468. The van der Waals surface area contributed by atoms with Crippen molar-refractivity contribution in [1.82, 2.24) is 4.90 Å². The minimum Gasteiger partial charge on any atom is -0.507 e. The van der Waals surface area contributed by atoms with Gasteiger partial charge in [-0.2, -0.15) is 0 Å². The van der Waals surface area contributed by atoms with E-state index in [0.29, 0.717) is 16.1 Å². The molecular formula is C20H16ClNO5. The summed E-state index contributed by atoms with van der Waals surface area (Å²) in [4.78, 5) is 37.3. The molecule has 0 aliphatic carbocycles. The van der Waals surface area contributed by atoms with Gasteiger partial charge in [-0.25, -0.2) is 0 Å². The van der Waals surface area contributed by atoms with Crippen LogP contribution < -0.4 is 0 Å². The average molecular weight is 386 g/mol. The Labute approximate surface area is 160 Å². The van der Waals surface area contributed by atoms with Crippen molar-refractivity contribution in [2.45, 2.75) is 12.5 Å². The van der Waals surface area contributed by atoms with Gasteiger partial charge in [0.25, 0.3) is 11.7 Å². The van der Waals surface area contributed by atoms with Crippen molar-refractivity contribution in [3.63, 3.8) is 0 Å². The van der Waals surface area contributed by atoms with Crippen LogP contribution in [-0.4, -0.2) is 39.3 Å². The first-order chi connectivity index (χ1) is 12.9. The van der Waals surface area contributed by atoms with Crippen LogP contribution in [0.5, 0.6) is 0 Å². The summed E-state index contributed by atoms with van der Waals surface area (Å²) in [6.45, 7) is -0.154. The number of aliphatic carboxylic acids is 1. The van der Waals surface area contributed by atoms with E-state index in [1.165, 1.54) is 4.90 Å². The summed E-state index contributed by atoms with van der Waals surface area (Å²) in [5.74, 6) is -3.07. The minimum atomic E-state index is -1.09. The van der Waals surface area contributed by atoms with Gasteiger partial charge in [0, 0.05) is 17.1 Å².